The van der Waals surface area contributed by atoms with E-state index in [1.807, 2.05) is 0 Å². The second-order valence-corrected chi connectivity index (χ2v) is 4.71. The molecule has 1 aromatic heterocycles. The first kappa shape index (κ1) is 15.3. The van der Waals surface area contributed by atoms with Gasteiger partial charge in [-0.2, -0.15) is 15.0 Å². The maximum atomic E-state index is 11.3. The lowest BCUT2D eigenvalue weighted by Gasteiger charge is -2.16. The van der Waals surface area contributed by atoms with E-state index in [2.05, 4.69) is 30.5 Å². The number of hydrogen-bond acceptors (Lipinski definition) is 8. The molecule has 116 valence electrons. The number of anilines is 3. The van der Waals surface area contributed by atoms with Crippen LogP contribution in [0.3, 0.4) is 0 Å². The SMILES string of the molecule is CCOC(=O)CCNc1nc(NC)nc(N2CCCC2)n1. The minimum atomic E-state index is -0.229. The van der Waals surface area contributed by atoms with Gasteiger partial charge in [0.1, 0.15) is 0 Å². The van der Waals surface area contributed by atoms with Crippen LogP contribution in [0.2, 0.25) is 0 Å². The molecule has 0 radical (unpaired) electrons. The Labute approximate surface area is 124 Å². The number of rotatable bonds is 7. The quantitative estimate of drug-likeness (QED) is 0.716. The summed E-state index contributed by atoms with van der Waals surface area (Å²) in [7, 11) is 1.77. The Balaban J connectivity index is 1.97. The lowest BCUT2D eigenvalue weighted by atomic mass is 10.4. The summed E-state index contributed by atoms with van der Waals surface area (Å²) in [4.78, 5) is 26.5. The van der Waals surface area contributed by atoms with E-state index in [1.54, 1.807) is 14.0 Å². The molecule has 0 atom stereocenters. The molecule has 2 heterocycles. The summed E-state index contributed by atoms with van der Waals surface area (Å²) in [5.74, 6) is 1.43. The molecule has 0 aliphatic carbocycles. The monoisotopic (exact) mass is 294 g/mol. The highest BCUT2D eigenvalue weighted by molar-refractivity contribution is 5.69. The second-order valence-electron chi connectivity index (χ2n) is 4.71. The predicted molar refractivity (Wildman–Crippen MR) is 80.6 cm³/mol. The molecule has 1 aliphatic rings. The van der Waals surface area contributed by atoms with Crippen molar-refractivity contribution in [1.29, 1.82) is 0 Å². The van der Waals surface area contributed by atoms with Crippen molar-refractivity contribution in [3.63, 3.8) is 0 Å². The molecular weight excluding hydrogens is 272 g/mol. The highest BCUT2D eigenvalue weighted by Crippen LogP contribution is 2.18. The normalized spacial score (nSPS) is 14.1. The topological polar surface area (TPSA) is 92.3 Å². The van der Waals surface area contributed by atoms with Crippen LogP contribution in [-0.2, 0) is 9.53 Å². The lowest BCUT2D eigenvalue weighted by Crippen LogP contribution is -2.22. The zero-order valence-electron chi connectivity index (χ0n) is 12.6. The van der Waals surface area contributed by atoms with Crippen molar-refractivity contribution in [1.82, 2.24) is 15.0 Å². The van der Waals surface area contributed by atoms with Gasteiger partial charge in [0.05, 0.1) is 13.0 Å². The maximum absolute atomic E-state index is 11.3. The molecule has 8 nitrogen and oxygen atoms in total. The average molecular weight is 294 g/mol. The van der Waals surface area contributed by atoms with E-state index in [9.17, 15) is 4.79 Å². The van der Waals surface area contributed by atoms with Gasteiger partial charge in [-0.15, -0.1) is 0 Å². The van der Waals surface area contributed by atoms with Crippen LogP contribution in [0.4, 0.5) is 17.8 Å². The van der Waals surface area contributed by atoms with E-state index in [-0.39, 0.29) is 12.4 Å². The second kappa shape index (κ2) is 7.61. The van der Waals surface area contributed by atoms with Gasteiger partial charge in [0.15, 0.2) is 0 Å². The molecule has 2 N–H and O–H groups in total. The molecule has 0 aromatic carbocycles. The Bertz CT molecular complexity index is 476. The molecule has 2 rings (SSSR count). The largest absolute Gasteiger partial charge is 0.466 e. The van der Waals surface area contributed by atoms with Crippen molar-refractivity contribution < 1.29 is 9.53 Å². The number of hydrogen-bond donors (Lipinski definition) is 2. The van der Waals surface area contributed by atoms with E-state index in [4.69, 9.17) is 4.74 Å². The third-order valence-corrected chi connectivity index (χ3v) is 3.15. The molecule has 0 saturated carbocycles. The molecule has 1 aromatic rings. The first-order chi connectivity index (χ1) is 10.2. The van der Waals surface area contributed by atoms with Gasteiger partial charge in [0, 0.05) is 26.7 Å². The molecule has 0 spiro atoms. The van der Waals surface area contributed by atoms with Crippen LogP contribution in [0.1, 0.15) is 26.2 Å². The molecule has 1 fully saturated rings. The van der Waals surface area contributed by atoms with Crippen molar-refractivity contribution in [2.24, 2.45) is 0 Å². The van der Waals surface area contributed by atoms with Crippen LogP contribution < -0.4 is 15.5 Å². The number of nitrogens with one attached hydrogen (secondary N) is 2. The van der Waals surface area contributed by atoms with E-state index >= 15 is 0 Å². The molecular formula is C13H22N6O2. The Kier molecular flexibility index (Phi) is 5.53. The fourth-order valence-electron chi connectivity index (χ4n) is 2.12. The first-order valence-corrected chi connectivity index (χ1v) is 7.31. The van der Waals surface area contributed by atoms with E-state index in [0.29, 0.717) is 31.0 Å². The van der Waals surface area contributed by atoms with Gasteiger partial charge in [-0.3, -0.25) is 4.79 Å². The van der Waals surface area contributed by atoms with E-state index in [1.165, 1.54) is 0 Å². The third-order valence-electron chi connectivity index (χ3n) is 3.15. The minimum absolute atomic E-state index is 0.229. The highest BCUT2D eigenvalue weighted by Gasteiger charge is 2.17. The van der Waals surface area contributed by atoms with Crippen molar-refractivity contribution in [2.75, 3.05) is 48.8 Å². The summed E-state index contributed by atoms with van der Waals surface area (Å²) in [6.07, 6.45) is 2.60. The predicted octanol–water partition coefficient (Wildman–Crippen LogP) is 0.879. The van der Waals surface area contributed by atoms with Crippen LogP contribution in [0, 0.1) is 0 Å². The van der Waals surface area contributed by atoms with E-state index < -0.39 is 0 Å². The number of aromatic nitrogens is 3. The van der Waals surface area contributed by atoms with Crippen molar-refractivity contribution in [2.45, 2.75) is 26.2 Å². The summed E-state index contributed by atoms with van der Waals surface area (Å²) >= 11 is 0. The van der Waals surface area contributed by atoms with E-state index in [0.717, 1.165) is 25.9 Å². The van der Waals surface area contributed by atoms with Crippen molar-refractivity contribution in [3.8, 4) is 0 Å². The van der Waals surface area contributed by atoms with Gasteiger partial charge < -0.3 is 20.3 Å². The fraction of sp³-hybridized carbons (Fsp3) is 0.692. The van der Waals surface area contributed by atoms with Crippen molar-refractivity contribution in [3.05, 3.63) is 0 Å². The highest BCUT2D eigenvalue weighted by atomic mass is 16.5. The minimum Gasteiger partial charge on any atom is -0.466 e. The summed E-state index contributed by atoms with van der Waals surface area (Å²) < 4.78 is 4.88. The fourth-order valence-corrected chi connectivity index (χ4v) is 2.12. The molecule has 21 heavy (non-hydrogen) atoms. The lowest BCUT2D eigenvalue weighted by molar-refractivity contribution is -0.142. The molecule has 0 unspecified atom stereocenters. The summed E-state index contributed by atoms with van der Waals surface area (Å²) in [5, 5.41) is 5.97. The number of ether oxygens (including phenoxy) is 1. The third kappa shape index (κ3) is 4.44. The van der Waals surface area contributed by atoms with Crippen LogP contribution in [0.25, 0.3) is 0 Å². The van der Waals surface area contributed by atoms with Gasteiger partial charge in [0.2, 0.25) is 17.8 Å². The Morgan fingerprint density at radius 2 is 1.95 bits per heavy atom. The number of nitrogens with zero attached hydrogens (tertiary/aromatic N) is 4. The van der Waals surface area contributed by atoms with Gasteiger partial charge in [-0.05, 0) is 19.8 Å². The van der Waals surface area contributed by atoms with Gasteiger partial charge >= 0.3 is 5.97 Å². The van der Waals surface area contributed by atoms with Crippen LogP contribution in [0.5, 0.6) is 0 Å². The standard InChI is InChI=1S/C13H22N6O2/c1-3-21-10(20)6-7-15-12-16-11(14-2)17-13(18-12)19-8-4-5-9-19/h3-9H2,1-2H3,(H2,14,15,16,17,18). The molecule has 0 amide bonds. The zero-order valence-corrected chi connectivity index (χ0v) is 12.6. The summed E-state index contributed by atoms with van der Waals surface area (Å²) in [5.41, 5.74) is 0. The average Bonchev–Trinajstić information content (AvgIpc) is 3.01. The summed E-state index contributed by atoms with van der Waals surface area (Å²) in [6, 6.07) is 0. The maximum Gasteiger partial charge on any atom is 0.307 e. The van der Waals surface area contributed by atoms with Gasteiger partial charge in [-0.1, -0.05) is 0 Å². The molecule has 1 saturated heterocycles. The Morgan fingerprint density at radius 1 is 1.24 bits per heavy atom. The molecule has 8 heteroatoms. The Morgan fingerprint density at radius 3 is 2.62 bits per heavy atom. The first-order valence-electron chi connectivity index (χ1n) is 7.31. The van der Waals surface area contributed by atoms with Crippen LogP contribution >= 0.6 is 0 Å². The zero-order chi connectivity index (χ0) is 15.1. The Hall–Kier alpha value is -2.12. The van der Waals surface area contributed by atoms with Crippen LogP contribution in [0.15, 0.2) is 0 Å². The number of carbonyl (C=O) groups excluding carboxylic acids is 1. The smallest absolute Gasteiger partial charge is 0.307 e. The van der Waals surface area contributed by atoms with Crippen molar-refractivity contribution >= 4 is 23.8 Å². The number of carbonyl (C=O) groups is 1. The van der Waals surface area contributed by atoms with Gasteiger partial charge in [-0.25, -0.2) is 0 Å². The molecule has 1 aliphatic heterocycles. The molecule has 0 bridgehead atoms. The number of esters is 1. The van der Waals surface area contributed by atoms with Crippen LogP contribution in [-0.4, -0.2) is 54.2 Å². The van der Waals surface area contributed by atoms with Gasteiger partial charge in [0.25, 0.3) is 0 Å². The summed E-state index contributed by atoms with van der Waals surface area (Å²) in [6.45, 7) is 4.56.